The van der Waals surface area contributed by atoms with Crippen molar-refractivity contribution in [2.75, 3.05) is 32.4 Å². The lowest BCUT2D eigenvalue weighted by molar-refractivity contribution is -0.146. The summed E-state index contributed by atoms with van der Waals surface area (Å²) >= 11 is 0. The van der Waals surface area contributed by atoms with E-state index in [1.807, 2.05) is 0 Å². The summed E-state index contributed by atoms with van der Waals surface area (Å²) in [6.07, 6.45) is 4.58. The Hall–Kier alpha value is -1.35. The Labute approximate surface area is 130 Å². The second-order valence-electron chi connectivity index (χ2n) is 6.03. The minimum absolute atomic E-state index is 0.242. The van der Waals surface area contributed by atoms with E-state index in [1.54, 1.807) is 0 Å². The molecule has 0 radical (unpaired) electrons. The molecule has 1 saturated heterocycles. The third-order valence-corrected chi connectivity index (χ3v) is 5.76. The molecule has 126 valence electrons. The number of nitrogens with zero attached hydrogens (tertiary/aromatic N) is 2. The fourth-order valence-electron chi connectivity index (χ4n) is 3.05. The van der Waals surface area contributed by atoms with Crippen LogP contribution in [0.25, 0.3) is 0 Å². The summed E-state index contributed by atoms with van der Waals surface area (Å²) in [6.45, 7) is 1.03. The third-order valence-electron chi connectivity index (χ3n) is 4.46. The number of urea groups is 1. The van der Waals surface area contributed by atoms with Gasteiger partial charge in [-0.05, 0) is 12.8 Å². The first kappa shape index (κ1) is 17.0. The molecule has 1 aliphatic carbocycles. The summed E-state index contributed by atoms with van der Waals surface area (Å²) in [6, 6.07) is -0.419. The van der Waals surface area contributed by atoms with E-state index in [0.29, 0.717) is 12.8 Å². The molecule has 0 unspecified atom stereocenters. The number of hydrogen-bond donors (Lipinski definition) is 2. The summed E-state index contributed by atoms with van der Waals surface area (Å²) in [5.74, 6) is -0.990. The second kappa shape index (κ2) is 6.41. The highest BCUT2D eigenvalue weighted by atomic mass is 32.2. The molecule has 0 spiro atoms. The van der Waals surface area contributed by atoms with Crippen LogP contribution in [0.2, 0.25) is 0 Å². The van der Waals surface area contributed by atoms with Gasteiger partial charge in [-0.3, -0.25) is 0 Å². The number of sulfonamides is 1. The van der Waals surface area contributed by atoms with E-state index in [4.69, 9.17) is 0 Å². The van der Waals surface area contributed by atoms with Gasteiger partial charge < -0.3 is 15.3 Å². The lowest BCUT2D eigenvalue weighted by Gasteiger charge is -2.38. The van der Waals surface area contributed by atoms with Gasteiger partial charge in [-0.15, -0.1) is 0 Å². The van der Waals surface area contributed by atoms with Crippen molar-refractivity contribution in [3.8, 4) is 0 Å². The van der Waals surface area contributed by atoms with E-state index < -0.39 is 27.6 Å². The minimum Gasteiger partial charge on any atom is -0.480 e. The molecule has 2 amide bonds. The second-order valence-corrected chi connectivity index (χ2v) is 8.01. The van der Waals surface area contributed by atoms with Crippen molar-refractivity contribution in [3.05, 3.63) is 0 Å². The van der Waals surface area contributed by atoms with Crippen molar-refractivity contribution in [2.24, 2.45) is 0 Å². The molecule has 0 atom stereocenters. The highest BCUT2D eigenvalue weighted by Gasteiger charge is 2.42. The number of carboxylic acids is 1. The number of rotatable bonds is 3. The highest BCUT2D eigenvalue weighted by Crippen LogP contribution is 2.28. The summed E-state index contributed by atoms with van der Waals surface area (Å²) in [5, 5.41) is 12.1. The van der Waals surface area contributed by atoms with Gasteiger partial charge in [-0.25, -0.2) is 18.0 Å². The number of carboxylic acid groups (broad SMARTS) is 1. The lowest BCUT2D eigenvalue weighted by atomic mass is 9.82. The summed E-state index contributed by atoms with van der Waals surface area (Å²) < 4.78 is 24.2. The Morgan fingerprint density at radius 2 is 1.59 bits per heavy atom. The van der Waals surface area contributed by atoms with E-state index in [-0.39, 0.29) is 26.2 Å². The molecular formula is C13H23N3O5S. The largest absolute Gasteiger partial charge is 0.480 e. The zero-order valence-corrected chi connectivity index (χ0v) is 13.6. The molecule has 1 saturated carbocycles. The fourth-order valence-corrected chi connectivity index (χ4v) is 3.88. The van der Waals surface area contributed by atoms with Crippen LogP contribution in [0.15, 0.2) is 0 Å². The summed E-state index contributed by atoms with van der Waals surface area (Å²) in [4.78, 5) is 25.4. The van der Waals surface area contributed by atoms with E-state index in [1.165, 1.54) is 9.21 Å². The van der Waals surface area contributed by atoms with Gasteiger partial charge in [-0.1, -0.05) is 19.3 Å². The Bertz CT molecular complexity index is 534. The van der Waals surface area contributed by atoms with Crippen molar-refractivity contribution in [2.45, 2.75) is 37.6 Å². The van der Waals surface area contributed by atoms with Gasteiger partial charge >= 0.3 is 12.0 Å². The molecule has 1 heterocycles. The van der Waals surface area contributed by atoms with Crippen LogP contribution in [0.3, 0.4) is 0 Å². The third kappa shape index (κ3) is 3.70. The lowest BCUT2D eigenvalue weighted by Crippen LogP contribution is -2.61. The van der Waals surface area contributed by atoms with Crippen molar-refractivity contribution >= 4 is 22.0 Å². The number of aliphatic carboxylic acids is 1. The molecule has 0 aromatic rings. The average molecular weight is 333 g/mol. The zero-order valence-electron chi connectivity index (χ0n) is 12.7. The van der Waals surface area contributed by atoms with Crippen molar-refractivity contribution in [3.63, 3.8) is 0 Å². The summed E-state index contributed by atoms with van der Waals surface area (Å²) in [7, 11) is -3.25. The summed E-state index contributed by atoms with van der Waals surface area (Å²) in [5.41, 5.74) is -1.18. The molecule has 8 nitrogen and oxygen atoms in total. The predicted octanol–water partition coefficient (Wildman–Crippen LogP) is 0.0607. The van der Waals surface area contributed by atoms with E-state index in [9.17, 15) is 23.1 Å². The highest BCUT2D eigenvalue weighted by molar-refractivity contribution is 7.88. The van der Waals surface area contributed by atoms with Crippen LogP contribution in [0.5, 0.6) is 0 Å². The molecule has 0 aromatic carbocycles. The van der Waals surface area contributed by atoms with Gasteiger partial charge in [0.15, 0.2) is 0 Å². The number of hydrogen-bond acceptors (Lipinski definition) is 4. The maximum Gasteiger partial charge on any atom is 0.329 e. The molecule has 0 bridgehead atoms. The van der Waals surface area contributed by atoms with E-state index in [0.717, 1.165) is 25.5 Å². The van der Waals surface area contributed by atoms with Crippen molar-refractivity contribution in [1.29, 1.82) is 0 Å². The minimum atomic E-state index is -3.25. The molecule has 2 fully saturated rings. The van der Waals surface area contributed by atoms with Gasteiger partial charge in [0.25, 0.3) is 0 Å². The van der Waals surface area contributed by atoms with Crippen LogP contribution in [0.4, 0.5) is 4.79 Å². The van der Waals surface area contributed by atoms with Crippen LogP contribution in [-0.4, -0.2) is 72.7 Å². The van der Waals surface area contributed by atoms with Crippen molar-refractivity contribution in [1.82, 2.24) is 14.5 Å². The van der Waals surface area contributed by atoms with Crippen LogP contribution in [0, 0.1) is 0 Å². The molecule has 2 rings (SSSR count). The number of piperazine rings is 1. The first-order chi connectivity index (χ1) is 10.2. The van der Waals surface area contributed by atoms with E-state index >= 15 is 0 Å². The number of nitrogens with one attached hydrogen (secondary N) is 1. The number of carbonyl (C=O) groups is 2. The van der Waals surface area contributed by atoms with Gasteiger partial charge in [0.05, 0.1) is 6.26 Å². The molecule has 9 heteroatoms. The Kier molecular flexibility index (Phi) is 4.96. The fraction of sp³-hybridized carbons (Fsp3) is 0.846. The Morgan fingerprint density at radius 3 is 2.05 bits per heavy atom. The van der Waals surface area contributed by atoms with Crippen molar-refractivity contribution < 1.29 is 23.1 Å². The normalized spacial score (nSPS) is 23.0. The predicted molar refractivity (Wildman–Crippen MR) is 80.0 cm³/mol. The smallest absolute Gasteiger partial charge is 0.329 e. The molecule has 0 aromatic heterocycles. The molecule has 22 heavy (non-hydrogen) atoms. The topological polar surface area (TPSA) is 107 Å². The quantitative estimate of drug-likeness (QED) is 0.759. The maximum absolute atomic E-state index is 12.3. The molecule has 1 aliphatic heterocycles. The number of carbonyl (C=O) groups excluding carboxylic acids is 1. The SMILES string of the molecule is CS(=O)(=O)N1CCN(C(=O)NC2(C(=O)O)CCCCC2)CC1. The Balaban J connectivity index is 1.96. The average Bonchev–Trinajstić information content (AvgIpc) is 2.47. The van der Waals surface area contributed by atoms with Crippen LogP contribution < -0.4 is 5.32 Å². The monoisotopic (exact) mass is 333 g/mol. The van der Waals surface area contributed by atoms with Gasteiger partial charge in [0.2, 0.25) is 10.0 Å². The maximum atomic E-state index is 12.3. The standard InChI is InChI=1S/C13H23N3O5S/c1-22(20,21)16-9-7-15(8-10-16)12(19)14-13(11(17)18)5-3-2-4-6-13/h2-10H2,1H3,(H,14,19)(H,17,18). The van der Waals surface area contributed by atoms with Crippen LogP contribution in [0.1, 0.15) is 32.1 Å². The van der Waals surface area contributed by atoms with Crippen LogP contribution in [-0.2, 0) is 14.8 Å². The first-order valence-corrected chi connectivity index (χ1v) is 9.35. The zero-order chi connectivity index (χ0) is 16.4. The first-order valence-electron chi connectivity index (χ1n) is 7.50. The van der Waals surface area contributed by atoms with Gasteiger partial charge in [0.1, 0.15) is 5.54 Å². The Morgan fingerprint density at radius 1 is 1.05 bits per heavy atom. The molecule has 2 aliphatic rings. The molecular weight excluding hydrogens is 310 g/mol. The van der Waals surface area contributed by atoms with Crippen LogP contribution >= 0.6 is 0 Å². The number of amides is 2. The van der Waals surface area contributed by atoms with Gasteiger partial charge in [-0.2, -0.15) is 4.31 Å². The molecule has 2 N–H and O–H groups in total. The van der Waals surface area contributed by atoms with Gasteiger partial charge in [0, 0.05) is 26.2 Å². The van der Waals surface area contributed by atoms with E-state index in [2.05, 4.69) is 5.32 Å².